The SMILES string of the molecule is CC1CN(S(=O)(=O)c2cccc(-c3nn(-c4ccccc4)cc3C=C3SC(N4CCC(Cc5ccccc5)CC4)=NC3=O)c2)CC(C)O1. The molecule has 1 amide bonds. The Morgan fingerprint density at radius 1 is 0.917 bits per heavy atom. The second-order valence-electron chi connectivity index (χ2n) is 12.8. The van der Waals surface area contributed by atoms with Gasteiger partial charge in [0.2, 0.25) is 10.0 Å². The zero-order valence-electron chi connectivity index (χ0n) is 27.1. The number of para-hydroxylation sites is 1. The van der Waals surface area contributed by atoms with Crippen LogP contribution in [0.25, 0.3) is 23.0 Å². The van der Waals surface area contributed by atoms with Gasteiger partial charge in [0, 0.05) is 43.5 Å². The van der Waals surface area contributed by atoms with Gasteiger partial charge in [0.1, 0.15) is 5.69 Å². The quantitative estimate of drug-likeness (QED) is 0.213. The van der Waals surface area contributed by atoms with Crippen LogP contribution in [0, 0.1) is 5.92 Å². The number of aromatic nitrogens is 2. The number of nitrogens with zero attached hydrogens (tertiary/aromatic N) is 5. The van der Waals surface area contributed by atoms with E-state index < -0.39 is 10.0 Å². The van der Waals surface area contributed by atoms with Gasteiger partial charge in [0.15, 0.2) is 5.17 Å². The van der Waals surface area contributed by atoms with Crippen LogP contribution in [0.3, 0.4) is 0 Å². The first kappa shape index (κ1) is 32.5. The minimum atomic E-state index is -3.77. The van der Waals surface area contributed by atoms with Crippen molar-refractivity contribution >= 4 is 38.9 Å². The molecule has 7 rings (SSSR count). The highest BCUT2D eigenvalue weighted by Gasteiger charge is 2.33. The summed E-state index contributed by atoms with van der Waals surface area (Å²) < 4.78 is 36.6. The molecule has 3 aromatic carbocycles. The van der Waals surface area contributed by atoms with Gasteiger partial charge in [0.05, 0.1) is 27.7 Å². The Hall–Kier alpha value is -4.03. The minimum absolute atomic E-state index is 0.194. The van der Waals surface area contributed by atoms with E-state index in [0.29, 0.717) is 40.7 Å². The molecule has 3 aliphatic heterocycles. The topological polar surface area (TPSA) is 97.1 Å². The number of amides is 1. The molecule has 2 unspecified atom stereocenters. The Kier molecular flexibility index (Phi) is 9.37. The van der Waals surface area contributed by atoms with Crippen LogP contribution >= 0.6 is 11.8 Å². The predicted molar refractivity (Wildman–Crippen MR) is 190 cm³/mol. The molecular formula is C37H39N5O4S2. The molecule has 2 saturated heterocycles. The third-order valence-corrected chi connectivity index (χ3v) is 11.9. The smallest absolute Gasteiger partial charge is 0.286 e. The molecule has 48 heavy (non-hydrogen) atoms. The molecule has 2 fully saturated rings. The van der Waals surface area contributed by atoms with E-state index in [4.69, 9.17) is 9.84 Å². The normalized spacial score (nSPS) is 22.0. The summed E-state index contributed by atoms with van der Waals surface area (Å²) in [5.41, 5.74) is 4.14. The first-order valence-electron chi connectivity index (χ1n) is 16.5. The molecule has 3 aliphatic rings. The standard InChI is InChI=1S/C37H39N5O4S2/c1-26-23-41(24-27(2)46-26)48(44,45)33-15-9-12-30(21-33)35-31(25-42(39-35)32-13-7-4-8-14-32)22-34-36(43)38-37(47-34)40-18-16-29(17-19-40)20-28-10-5-3-6-11-28/h3-15,21-22,25-27,29H,16-20,23-24H2,1-2H3. The highest BCUT2D eigenvalue weighted by molar-refractivity contribution is 8.18. The van der Waals surface area contributed by atoms with Crippen LogP contribution in [0.15, 0.2) is 106 Å². The van der Waals surface area contributed by atoms with E-state index in [1.54, 1.807) is 22.9 Å². The number of amidine groups is 1. The monoisotopic (exact) mass is 681 g/mol. The number of hydrogen-bond donors (Lipinski definition) is 0. The number of hydrogen-bond acceptors (Lipinski definition) is 7. The Morgan fingerprint density at radius 3 is 2.31 bits per heavy atom. The maximum atomic E-state index is 13.8. The highest BCUT2D eigenvalue weighted by atomic mass is 32.2. The lowest BCUT2D eigenvalue weighted by Crippen LogP contribution is -2.48. The van der Waals surface area contributed by atoms with Crippen molar-refractivity contribution in [2.24, 2.45) is 10.9 Å². The van der Waals surface area contributed by atoms with Crippen molar-refractivity contribution in [3.05, 3.63) is 107 Å². The number of likely N-dealkylation sites (tertiary alicyclic amines) is 1. The Labute approximate surface area is 286 Å². The van der Waals surface area contributed by atoms with Crippen LogP contribution in [0.4, 0.5) is 0 Å². The number of aliphatic imine (C=N–C) groups is 1. The van der Waals surface area contributed by atoms with Crippen molar-refractivity contribution in [3.8, 4) is 16.9 Å². The summed E-state index contributed by atoms with van der Waals surface area (Å²) in [7, 11) is -3.77. The molecule has 0 N–H and O–H groups in total. The summed E-state index contributed by atoms with van der Waals surface area (Å²) in [4.78, 5) is 20.6. The second kappa shape index (κ2) is 13.8. The van der Waals surface area contributed by atoms with Crippen molar-refractivity contribution < 1.29 is 17.9 Å². The molecule has 248 valence electrons. The number of ether oxygens (including phenoxy) is 1. The van der Waals surface area contributed by atoms with Crippen molar-refractivity contribution in [1.82, 2.24) is 19.0 Å². The van der Waals surface area contributed by atoms with Gasteiger partial charge in [-0.25, -0.2) is 13.1 Å². The van der Waals surface area contributed by atoms with Gasteiger partial charge < -0.3 is 9.64 Å². The summed E-state index contributed by atoms with van der Waals surface area (Å²) in [6.07, 6.45) is 6.50. The summed E-state index contributed by atoms with van der Waals surface area (Å²) in [6.45, 7) is 6.09. The Morgan fingerprint density at radius 2 is 1.60 bits per heavy atom. The molecule has 4 aromatic rings. The van der Waals surface area contributed by atoms with Crippen LogP contribution in [-0.2, 0) is 26.0 Å². The summed E-state index contributed by atoms with van der Waals surface area (Å²) in [5, 5.41) is 5.64. The van der Waals surface area contributed by atoms with E-state index in [0.717, 1.165) is 43.2 Å². The van der Waals surface area contributed by atoms with Crippen LogP contribution in [-0.4, -0.2) is 76.9 Å². The maximum Gasteiger partial charge on any atom is 0.286 e. The molecule has 0 saturated carbocycles. The number of carbonyl (C=O) groups excluding carboxylic acids is 1. The minimum Gasteiger partial charge on any atom is -0.373 e. The van der Waals surface area contributed by atoms with Gasteiger partial charge in [-0.15, -0.1) is 0 Å². The van der Waals surface area contributed by atoms with E-state index in [1.807, 2.05) is 68.6 Å². The third kappa shape index (κ3) is 7.05. The molecule has 1 aromatic heterocycles. The molecule has 0 radical (unpaired) electrons. The number of carbonyl (C=O) groups is 1. The third-order valence-electron chi connectivity index (χ3n) is 9.04. The number of thioether (sulfide) groups is 1. The fourth-order valence-electron chi connectivity index (χ4n) is 6.66. The summed E-state index contributed by atoms with van der Waals surface area (Å²) in [5.74, 6) is 0.342. The number of benzene rings is 3. The average molecular weight is 682 g/mol. The van der Waals surface area contributed by atoms with Gasteiger partial charge in [-0.2, -0.15) is 14.4 Å². The Bertz CT molecular complexity index is 1940. The van der Waals surface area contributed by atoms with E-state index in [1.165, 1.54) is 21.6 Å². The second-order valence-corrected chi connectivity index (χ2v) is 15.7. The van der Waals surface area contributed by atoms with E-state index in [9.17, 15) is 13.2 Å². The maximum absolute atomic E-state index is 13.8. The van der Waals surface area contributed by atoms with Gasteiger partial charge >= 0.3 is 0 Å². The van der Waals surface area contributed by atoms with Crippen molar-refractivity contribution in [1.29, 1.82) is 0 Å². The highest BCUT2D eigenvalue weighted by Crippen LogP contribution is 2.35. The molecule has 9 nitrogen and oxygen atoms in total. The average Bonchev–Trinajstić information content (AvgIpc) is 3.69. The first-order valence-corrected chi connectivity index (χ1v) is 18.7. The molecule has 0 aliphatic carbocycles. The fourth-order valence-corrected chi connectivity index (χ4v) is 9.25. The summed E-state index contributed by atoms with van der Waals surface area (Å²) in [6, 6.07) is 27.2. The van der Waals surface area contributed by atoms with E-state index in [2.05, 4.69) is 34.2 Å². The number of sulfonamides is 1. The van der Waals surface area contributed by atoms with Crippen LogP contribution in [0.1, 0.15) is 37.8 Å². The molecule has 2 atom stereocenters. The molecule has 0 bridgehead atoms. The van der Waals surface area contributed by atoms with Crippen molar-refractivity contribution in [2.75, 3.05) is 26.2 Å². The lowest BCUT2D eigenvalue weighted by Gasteiger charge is -2.34. The van der Waals surface area contributed by atoms with Crippen LogP contribution in [0.2, 0.25) is 0 Å². The summed E-state index contributed by atoms with van der Waals surface area (Å²) >= 11 is 1.40. The lowest BCUT2D eigenvalue weighted by molar-refractivity contribution is -0.113. The van der Waals surface area contributed by atoms with E-state index in [-0.39, 0.29) is 23.0 Å². The predicted octanol–water partition coefficient (Wildman–Crippen LogP) is 6.26. The van der Waals surface area contributed by atoms with Crippen LogP contribution < -0.4 is 0 Å². The number of rotatable bonds is 7. The van der Waals surface area contributed by atoms with Crippen molar-refractivity contribution in [3.63, 3.8) is 0 Å². The largest absolute Gasteiger partial charge is 0.373 e. The van der Waals surface area contributed by atoms with E-state index >= 15 is 0 Å². The lowest BCUT2D eigenvalue weighted by atomic mass is 9.90. The number of morpholine rings is 1. The Balaban J connectivity index is 1.14. The zero-order chi connectivity index (χ0) is 33.3. The zero-order valence-corrected chi connectivity index (χ0v) is 28.7. The molecule has 4 heterocycles. The first-order chi connectivity index (χ1) is 23.2. The molecular weight excluding hydrogens is 643 g/mol. The van der Waals surface area contributed by atoms with Crippen LogP contribution in [0.5, 0.6) is 0 Å². The molecule has 11 heteroatoms. The van der Waals surface area contributed by atoms with Gasteiger partial charge in [-0.1, -0.05) is 60.7 Å². The fraction of sp³-hybridized carbons (Fsp3) is 0.324. The van der Waals surface area contributed by atoms with Gasteiger partial charge in [-0.05, 0) is 86.7 Å². The van der Waals surface area contributed by atoms with Gasteiger partial charge in [-0.3, -0.25) is 4.79 Å². The molecule has 0 spiro atoms. The van der Waals surface area contributed by atoms with Crippen molar-refractivity contribution in [2.45, 2.75) is 50.2 Å². The number of piperidine rings is 1. The van der Waals surface area contributed by atoms with Gasteiger partial charge in [0.25, 0.3) is 5.91 Å².